The van der Waals surface area contributed by atoms with Gasteiger partial charge in [-0.25, -0.2) is 8.78 Å². The molecule has 1 amide bonds. The van der Waals surface area contributed by atoms with Gasteiger partial charge in [0.1, 0.15) is 11.6 Å². The number of rotatable bonds is 3. The molecule has 0 spiro atoms. The third-order valence-corrected chi connectivity index (χ3v) is 3.18. The quantitative estimate of drug-likeness (QED) is 0.576. The standard InChI is InChI=1S/C16H10F2N2O2/c17-9-2-1-3-11(6-9)20-16(22)15(21)13-8-19-14-5-4-10(18)7-12(13)14/h1-8,19H,(H,20,22). The number of aromatic amines is 1. The molecule has 4 nitrogen and oxygen atoms in total. The minimum Gasteiger partial charge on any atom is -0.360 e. The van der Waals surface area contributed by atoms with Crippen LogP contribution in [-0.4, -0.2) is 16.7 Å². The molecule has 0 bridgehead atoms. The highest BCUT2D eigenvalue weighted by atomic mass is 19.1. The van der Waals surface area contributed by atoms with Gasteiger partial charge in [0.05, 0.1) is 5.56 Å². The second-order valence-electron chi connectivity index (χ2n) is 4.69. The van der Waals surface area contributed by atoms with Crippen molar-refractivity contribution in [3.63, 3.8) is 0 Å². The summed E-state index contributed by atoms with van der Waals surface area (Å²) in [7, 11) is 0. The lowest BCUT2D eigenvalue weighted by molar-refractivity contribution is -0.112. The number of nitrogens with one attached hydrogen (secondary N) is 2. The molecule has 0 atom stereocenters. The van der Waals surface area contributed by atoms with Crippen molar-refractivity contribution in [3.05, 3.63) is 65.9 Å². The molecule has 2 aromatic carbocycles. The Labute approximate surface area is 123 Å². The van der Waals surface area contributed by atoms with Crippen LogP contribution in [0.1, 0.15) is 10.4 Å². The van der Waals surface area contributed by atoms with Crippen LogP contribution in [0.25, 0.3) is 10.9 Å². The van der Waals surface area contributed by atoms with Gasteiger partial charge in [-0.1, -0.05) is 6.07 Å². The van der Waals surface area contributed by atoms with Crippen molar-refractivity contribution >= 4 is 28.3 Å². The lowest BCUT2D eigenvalue weighted by Crippen LogP contribution is -2.22. The molecule has 0 aliphatic carbocycles. The van der Waals surface area contributed by atoms with Crippen LogP contribution in [0, 0.1) is 11.6 Å². The molecule has 0 fully saturated rings. The fraction of sp³-hybridized carbons (Fsp3) is 0. The van der Waals surface area contributed by atoms with Crippen LogP contribution in [0.3, 0.4) is 0 Å². The van der Waals surface area contributed by atoms with Gasteiger partial charge in [-0.3, -0.25) is 9.59 Å². The van der Waals surface area contributed by atoms with E-state index in [4.69, 9.17) is 0 Å². The van der Waals surface area contributed by atoms with Gasteiger partial charge in [0.15, 0.2) is 0 Å². The number of carbonyl (C=O) groups excluding carboxylic acids is 2. The molecule has 3 rings (SSSR count). The number of aromatic nitrogens is 1. The summed E-state index contributed by atoms with van der Waals surface area (Å²) in [5.74, 6) is -2.79. The summed E-state index contributed by atoms with van der Waals surface area (Å²) in [4.78, 5) is 26.9. The number of anilines is 1. The van der Waals surface area contributed by atoms with Gasteiger partial charge in [0.2, 0.25) is 0 Å². The van der Waals surface area contributed by atoms with E-state index in [1.165, 1.54) is 42.6 Å². The molecule has 3 aromatic rings. The first-order chi connectivity index (χ1) is 10.5. The topological polar surface area (TPSA) is 62.0 Å². The maximum Gasteiger partial charge on any atom is 0.296 e. The fourth-order valence-corrected chi connectivity index (χ4v) is 2.16. The summed E-state index contributed by atoms with van der Waals surface area (Å²) in [5, 5.41) is 2.63. The maximum atomic E-state index is 13.3. The Hall–Kier alpha value is -3.02. The number of hydrogen-bond acceptors (Lipinski definition) is 2. The van der Waals surface area contributed by atoms with Crippen molar-refractivity contribution < 1.29 is 18.4 Å². The molecular weight excluding hydrogens is 290 g/mol. The number of ketones is 1. The first kappa shape index (κ1) is 13.9. The first-order valence-electron chi connectivity index (χ1n) is 6.42. The Kier molecular flexibility index (Phi) is 3.42. The maximum absolute atomic E-state index is 13.3. The predicted molar refractivity (Wildman–Crippen MR) is 77.6 cm³/mol. The molecule has 1 aromatic heterocycles. The largest absolute Gasteiger partial charge is 0.360 e. The van der Waals surface area contributed by atoms with Gasteiger partial charge >= 0.3 is 0 Å². The number of hydrogen-bond donors (Lipinski definition) is 2. The molecule has 6 heteroatoms. The molecule has 0 aliphatic heterocycles. The Bertz CT molecular complexity index is 887. The van der Waals surface area contributed by atoms with Crippen LogP contribution >= 0.6 is 0 Å². The van der Waals surface area contributed by atoms with Crippen LogP contribution in [-0.2, 0) is 4.79 Å². The van der Waals surface area contributed by atoms with Crippen molar-refractivity contribution in [1.29, 1.82) is 0 Å². The molecule has 0 radical (unpaired) electrons. The van der Waals surface area contributed by atoms with Gasteiger partial charge in [0, 0.05) is 22.8 Å². The molecular formula is C16H10F2N2O2. The number of fused-ring (bicyclic) bond motifs is 1. The van der Waals surface area contributed by atoms with E-state index in [9.17, 15) is 18.4 Å². The predicted octanol–water partition coefficient (Wildman–Crippen LogP) is 3.27. The number of benzene rings is 2. The van der Waals surface area contributed by atoms with Gasteiger partial charge in [-0.15, -0.1) is 0 Å². The van der Waals surface area contributed by atoms with Gasteiger partial charge in [-0.2, -0.15) is 0 Å². The molecule has 0 saturated carbocycles. The minimum absolute atomic E-state index is 0.0587. The Balaban J connectivity index is 1.89. The number of carbonyl (C=O) groups is 2. The van der Waals surface area contributed by atoms with E-state index in [2.05, 4.69) is 10.3 Å². The molecule has 1 heterocycles. The van der Waals surface area contributed by atoms with E-state index in [0.717, 1.165) is 6.07 Å². The van der Waals surface area contributed by atoms with E-state index in [1.54, 1.807) is 0 Å². The van der Waals surface area contributed by atoms with Crippen LogP contribution in [0.2, 0.25) is 0 Å². The zero-order valence-electron chi connectivity index (χ0n) is 11.2. The molecule has 0 aliphatic rings. The Morgan fingerprint density at radius 1 is 1.00 bits per heavy atom. The normalized spacial score (nSPS) is 10.6. The summed E-state index contributed by atoms with van der Waals surface area (Å²) in [5.41, 5.74) is 0.774. The zero-order chi connectivity index (χ0) is 15.7. The smallest absolute Gasteiger partial charge is 0.296 e. The van der Waals surface area contributed by atoms with Crippen molar-refractivity contribution in [2.24, 2.45) is 0 Å². The van der Waals surface area contributed by atoms with Crippen LogP contribution in [0.5, 0.6) is 0 Å². The minimum atomic E-state index is -0.921. The first-order valence-corrected chi connectivity index (χ1v) is 6.42. The van der Waals surface area contributed by atoms with Gasteiger partial charge < -0.3 is 10.3 Å². The molecule has 2 N–H and O–H groups in total. The lowest BCUT2D eigenvalue weighted by Gasteiger charge is -2.04. The van der Waals surface area contributed by atoms with E-state index < -0.39 is 23.3 Å². The molecule has 110 valence electrons. The zero-order valence-corrected chi connectivity index (χ0v) is 11.2. The van der Waals surface area contributed by atoms with Crippen LogP contribution < -0.4 is 5.32 Å². The average molecular weight is 300 g/mol. The van der Waals surface area contributed by atoms with Gasteiger partial charge in [0.25, 0.3) is 11.7 Å². The highest BCUT2D eigenvalue weighted by Gasteiger charge is 2.20. The SMILES string of the molecule is O=C(Nc1cccc(F)c1)C(=O)c1c[nH]c2ccc(F)cc12. The number of Topliss-reactive ketones (excluding diaryl/α,β-unsaturated/α-hetero) is 1. The summed E-state index contributed by atoms with van der Waals surface area (Å²) >= 11 is 0. The molecule has 0 saturated heterocycles. The van der Waals surface area contributed by atoms with Crippen molar-refractivity contribution in [2.75, 3.05) is 5.32 Å². The second-order valence-corrected chi connectivity index (χ2v) is 4.69. The molecule has 22 heavy (non-hydrogen) atoms. The van der Waals surface area contributed by atoms with Crippen LogP contribution in [0.15, 0.2) is 48.7 Å². The lowest BCUT2D eigenvalue weighted by atomic mass is 10.1. The van der Waals surface area contributed by atoms with Crippen LogP contribution in [0.4, 0.5) is 14.5 Å². The van der Waals surface area contributed by atoms with Crippen molar-refractivity contribution in [1.82, 2.24) is 4.98 Å². The second kappa shape index (κ2) is 5.40. The van der Waals surface area contributed by atoms with Gasteiger partial charge in [-0.05, 0) is 36.4 Å². The number of halogens is 2. The highest BCUT2D eigenvalue weighted by Crippen LogP contribution is 2.20. The third-order valence-electron chi connectivity index (χ3n) is 3.18. The van der Waals surface area contributed by atoms with E-state index >= 15 is 0 Å². The fourth-order valence-electron chi connectivity index (χ4n) is 2.16. The Morgan fingerprint density at radius 2 is 1.77 bits per heavy atom. The number of H-pyrrole nitrogens is 1. The monoisotopic (exact) mass is 300 g/mol. The van der Waals surface area contributed by atoms with Crippen molar-refractivity contribution in [2.45, 2.75) is 0 Å². The van der Waals surface area contributed by atoms with E-state index in [0.29, 0.717) is 10.9 Å². The molecule has 0 unspecified atom stereocenters. The average Bonchev–Trinajstić information content (AvgIpc) is 2.89. The van der Waals surface area contributed by atoms with E-state index in [-0.39, 0.29) is 11.3 Å². The summed E-state index contributed by atoms with van der Waals surface area (Å²) in [6.07, 6.45) is 1.34. The summed E-state index contributed by atoms with van der Waals surface area (Å²) < 4.78 is 26.3. The third kappa shape index (κ3) is 2.58. The number of amides is 1. The van der Waals surface area contributed by atoms with Crippen molar-refractivity contribution in [3.8, 4) is 0 Å². The summed E-state index contributed by atoms with van der Waals surface area (Å²) in [6.45, 7) is 0. The van der Waals surface area contributed by atoms with E-state index in [1.807, 2.05) is 0 Å². The summed E-state index contributed by atoms with van der Waals surface area (Å²) in [6, 6.07) is 9.10. The highest BCUT2D eigenvalue weighted by molar-refractivity contribution is 6.48. The Morgan fingerprint density at radius 3 is 2.55 bits per heavy atom.